The smallest absolute Gasteiger partial charge is 0.462 e. The second kappa shape index (κ2) is 82.6. The Bertz CT molecular complexity index is 2940. The summed E-state index contributed by atoms with van der Waals surface area (Å²) in [5.74, 6) is -2.44. The van der Waals surface area contributed by atoms with Gasteiger partial charge < -0.3 is 33.8 Å². The zero-order valence-corrected chi connectivity index (χ0v) is 71.0. The Morgan fingerprint density at radius 1 is 0.259 bits per heavy atom. The van der Waals surface area contributed by atoms with Gasteiger partial charge in [0.25, 0.3) is 0 Å². The largest absolute Gasteiger partial charge is 0.472 e. The molecule has 0 aromatic rings. The molecule has 632 valence electrons. The Balaban J connectivity index is 5.57. The van der Waals surface area contributed by atoms with E-state index in [-0.39, 0.29) is 25.7 Å². The van der Waals surface area contributed by atoms with Crippen LogP contribution in [0.5, 0.6) is 0 Å². The fourth-order valence-corrected chi connectivity index (χ4v) is 11.9. The molecule has 0 aliphatic carbocycles. The first-order chi connectivity index (χ1) is 54.7. The molecule has 19 heteroatoms. The number of phosphoric ester groups is 2. The van der Waals surface area contributed by atoms with Gasteiger partial charge in [0, 0.05) is 25.7 Å². The van der Waals surface area contributed by atoms with Crippen molar-refractivity contribution in [1.29, 1.82) is 0 Å². The molecule has 0 radical (unpaired) electrons. The quantitative estimate of drug-likeness (QED) is 0.0169. The molecule has 0 aliphatic heterocycles. The summed E-state index contributed by atoms with van der Waals surface area (Å²) in [7, 11) is -10.0. The Morgan fingerprint density at radius 2 is 0.482 bits per heavy atom. The van der Waals surface area contributed by atoms with E-state index in [9.17, 15) is 43.2 Å². The van der Waals surface area contributed by atoms with Crippen LogP contribution in [0.25, 0.3) is 0 Å². The molecule has 3 N–H and O–H groups in total. The van der Waals surface area contributed by atoms with E-state index in [4.69, 9.17) is 37.0 Å². The van der Waals surface area contributed by atoms with Crippen molar-refractivity contribution in [2.45, 2.75) is 316 Å². The van der Waals surface area contributed by atoms with Gasteiger partial charge >= 0.3 is 39.5 Å². The van der Waals surface area contributed by atoms with Gasteiger partial charge in [-0.05, 0) is 173 Å². The SMILES string of the molecule is CC/C=C\C/C=C\C/C=C\C/C=C\C/C=C\C/C=C\CCC(=O)O[C@H](COC(=O)CC/C=C\C/C=C\C/C=C\C/C=C\C/C=C\CCCCC)COP(=O)(O)OC[C@H](O)COP(=O)(O)OC[C@@H](COC(=O)CCCCC/C=C\C/C=C\C/C=C\C/C=C\C/C=C\CC)OC(=O)CCCCCCC/C=C\CCCCCCCC. The molecule has 0 rings (SSSR count). The first-order valence-corrected chi connectivity index (χ1v) is 45.3. The number of carbonyl (C=O) groups excluding carboxylic acids is 4. The van der Waals surface area contributed by atoms with Gasteiger partial charge in [0.2, 0.25) is 0 Å². The summed E-state index contributed by atoms with van der Waals surface area (Å²) in [4.78, 5) is 73.2. The Labute approximate surface area is 678 Å². The van der Waals surface area contributed by atoms with Gasteiger partial charge in [0.05, 0.1) is 26.4 Å². The predicted octanol–water partition coefficient (Wildman–Crippen LogP) is 25.4. The van der Waals surface area contributed by atoms with Gasteiger partial charge in [-0.1, -0.05) is 305 Å². The van der Waals surface area contributed by atoms with Crippen LogP contribution < -0.4 is 0 Å². The highest BCUT2D eigenvalue weighted by atomic mass is 31.2. The van der Waals surface area contributed by atoms with E-state index in [0.29, 0.717) is 38.5 Å². The van der Waals surface area contributed by atoms with E-state index >= 15 is 0 Å². The summed E-state index contributed by atoms with van der Waals surface area (Å²) in [6.45, 7) is 4.38. The number of aliphatic hydroxyl groups excluding tert-OH is 1. The van der Waals surface area contributed by atoms with E-state index in [1.165, 1.54) is 57.8 Å². The summed E-state index contributed by atoms with van der Waals surface area (Å²) in [5.41, 5.74) is 0. The average Bonchev–Trinajstić information content (AvgIpc) is 0.897. The zero-order chi connectivity index (χ0) is 81.7. The van der Waals surface area contributed by atoms with E-state index in [0.717, 1.165) is 148 Å². The van der Waals surface area contributed by atoms with Crippen molar-refractivity contribution in [2.24, 2.45) is 0 Å². The summed E-state index contributed by atoms with van der Waals surface area (Å²) in [6, 6.07) is 0. The molecule has 0 aromatic carbocycles. The molecule has 0 saturated carbocycles. The first kappa shape index (κ1) is 106. The molecule has 2 unspecified atom stereocenters. The van der Waals surface area contributed by atoms with Crippen molar-refractivity contribution in [3.8, 4) is 0 Å². The van der Waals surface area contributed by atoms with Crippen molar-refractivity contribution in [3.63, 3.8) is 0 Å². The lowest BCUT2D eigenvalue weighted by atomic mass is 10.1. The summed E-state index contributed by atoms with van der Waals surface area (Å²) in [6.07, 6.45) is 104. The summed E-state index contributed by atoms with van der Waals surface area (Å²) < 4.78 is 68.6. The minimum Gasteiger partial charge on any atom is -0.462 e. The van der Waals surface area contributed by atoms with Crippen molar-refractivity contribution >= 4 is 39.5 Å². The second-order valence-corrected chi connectivity index (χ2v) is 30.2. The number of phosphoric acid groups is 2. The number of hydrogen-bond donors (Lipinski definition) is 3. The van der Waals surface area contributed by atoms with Gasteiger partial charge in [-0.25, -0.2) is 9.13 Å². The maximum Gasteiger partial charge on any atom is 0.472 e. The number of carbonyl (C=O) groups is 4. The third-order valence-electron chi connectivity index (χ3n) is 16.7. The standard InChI is InChI=1S/C93H148O17P2/c1-5-9-13-17-21-25-29-33-37-40-43-46-50-53-57-61-65-69-73-77-90(95)103-83-88(109-92(97)79-75-71-67-63-59-55-49-36-32-28-24-20-16-12-8-4)85-107-111(99,100)105-81-87(94)82-106-112(101,102)108-86-89(110-93(98)80-76-72-68-64-60-56-52-48-45-42-39-35-31-27-23-19-15-11-7-3)84-104-91(96)78-74-70-66-62-58-54-51-47-44-41-38-34-30-26-22-18-14-10-6-2/h9,11,13,15,21-23,25-27,33-39,43-49,53-54,56-58,60,66,68,70,72,87-89,94H,5-8,10,12,14,16-20,24,28-32,40-42,50-52,55,59,61-65,67,69,71,73-86H2,1-4H3,(H,99,100)(H,101,102)/b13-9-,15-11-,25-21-,26-22-,27-23-,37-33-,38-34-,39-35-,46-43-,47-44-,48-45-,49-36-,57-53-,58-54-,60-56-,70-66-,72-68-/t87-,88-,89-/m1/s1. The Kier molecular flexibility index (Phi) is 77.9. The van der Waals surface area contributed by atoms with E-state index in [2.05, 4.69) is 198 Å². The maximum absolute atomic E-state index is 13.1. The van der Waals surface area contributed by atoms with Crippen LogP contribution in [0.15, 0.2) is 207 Å². The summed E-state index contributed by atoms with van der Waals surface area (Å²) >= 11 is 0. The molecular formula is C93H148O17P2. The van der Waals surface area contributed by atoms with Crippen molar-refractivity contribution in [1.82, 2.24) is 0 Å². The van der Waals surface area contributed by atoms with Crippen LogP contribution in [-0.2, 0) is 65.4 Å². The topological polar surface area (TPSA) is 237 Å². The van der Waals surface area contributed by atoms with Gasteiger partial charge in [-0.15, -0.1) is 0 Å². The van der Waals surface area contributed by atoms with Crippen LogP contribution in [0.2, 0.25) is 0 Å². The fourth-order valence-electron chi connectivity index (χ4n) is 10.4. The average molecular weight is 1600 g/mol. The number of ether oxygens (including phenoxy) is 4. The van der Waals surface area contributed by atoms with E-state index < -0.39 is 97.5 Å². The van der Waals surface area contributed by atoms with E-state index in [1.807, 2.05) is 36.5 Å². The number of rotatable bonds is 77. The zero-order valence-electron chi connectivity index (χ0n) is 69.3. The Hall–Kier alpha value is -6.36. The highest BCUT2D eigenvalue weighted by Crippen LogP contribution is 2.45. The molecule has 0 amide bonds. The van der Waals surface area contributed by atoms with Gasteiger partial charge in [0.1, 0.15) is 19.3 Å². The van der Waals surface area contributed by atoms with Crippen LogP contribution in [-0.4, -0.2) is 96.7 Å². The molecule has 0 spiro atoms. The second-order valence-electron chi connectivity index (χ2n) is 27.3. The van der Waals surface area contributed by atoms with Crippen LogP contribution >= 0.6 is 15.6 Å². The number of allylic oxidation sites excluding steroid dienone is 34. The van der Waals surface area contributed by atoms with Crippen LogP contribution in [0.1, 0.15) is 297 Å². The van der Waals surface area contributed by atoms with Gasteiger partial charge in [0.15, 0.2) is 12.2 Å². The van der Waals surface area contributed by atoms with Crippen molar-refractivity contribution in [3.05, 3.63) is 207 Å². The summed E-state index contributed by atoms with van der Waals surface area (Å²) in [5, 5.41) is 10.7. The van der Waals surface area contributed by atoms with Gasteiger partial charge in [-0.3, -0.25) is 37.3 Å². The normalized spacial score (nSPS) is 14.8. The lowest BCUT2D eigenvalue weighted by molar-refractivity contribution is -0.161. The Morgan fingerprint density at radius 3 is 0.821 bits per heavy atom. The lowest BCUT2D eigenvalue weighted by Crippen LogP contribution is -2.30. The molecule has 112 heavy (non-hydrogen) atoms. The van der Waals surface area contributed by atoms with Crippen molar-refractivity contribution in [2.75, 3.05) is 39.6 Å². The molecule has 0 fully saturated rings. The van der Waals surface area contributed by atoms with Crippen LogP contribution in [0.3, 0.4) is 0 Å². The minimum absolute atomic E-state index is 0.0130. The highest BCUT2D eigenvalue weighted by molar-refractivity contribution is 7.47. The molecule has 0 heterocycles. The van der Waals surface area contributed by atoms with Crippen LogP contribution in [0, 0.1) is 0 Å². The van der Waals surface area contributed by atoms with Crippen molar-refractivity contribution < 1.29 is 80.2 Å². The van der Waals surface area contributed by atoms with E-state index in [1.54, 1.807) is 0 Å². The highest BCUT2D eigenvalue weighted by Gasteiger charge is 2.30. The molecule has 17 nitrogen and oxygen atoms in total. The molecule has 0 aliphatic rings. The molecule has 0 aromatic heterocycles. The lowest BCUT2D eigenvalue weighted by Gasteiger charge is -2.21. The monoisotopic (exact) mass is 1600 g/mol. The first-order valence-electron chi connectivity index (χ1n) is 42.3. The molecule has 5 atom stereocenters. The number of aliphatic hydroxyl groups is 1. The predicted molar refractivity (Wildman–Crippen MR) is 463 cm³/mol. The number of unbranched alkanes of at least 4 members (excludes halogenated alkanes) is 17. The third-order valence-corrected chi connectivity index (χ3v) is 18.6. The fraction of sp³-hybridized carbons (Fsp3) is 0.591. The van der Waals surface area contributed by atoms with Crippen LogP contribution in [0.4, 0.5) is 0 Å². The maximum atomic E-state index is 13.1. The molecule has 0 bridgehead atoms. The molecular weight excluding hydrogens is 1450 g/mol. The third kappa shape index (κ3) is 81.6. The molecule has 0 saturated heterocycles. The van der Waals surface area contributed by atoms with Gasteiger partial charge in [-0.2, -0.15) is 0 Å². The number of hydrogen-bond acceptors (Lipinski definition) is 15. The minimum atomic E-state index is -5.03. The number of esters is 4.